The van der Waals surface area contributed by atoms with Crippen molar-refractivity contribution in [3.63, 3.8) is 0 Å². The third-order valence-electron chi connectivity index (χ3n) is 2.93. The van der Waals surface area contributed by atoms with Gasteiger partial charge in [0.1, 0.15) is 0 Å². The smallest absolute Gasteiger partial charge is 0.238 e. The molecular weight excluding hydrogens is 330 g/mol. The maximum atomic E-state index is 12.0. The van der Waals surface area contributed by atoms with Crippen molar-refractivity contribution in [1.29, 1.82) is 0 Å². The molecule has 0 aromatic heterocycles. The highest BCUT2D eigenvalue weighted by atomic mass is 79.9. The van der Waals surface area contributed by atoms with Crippen LogP contribution in [0.25, 0.3) is 0 Å². The number of amides is 1. The largest absolute Gasteiger partial charge is 0.399 e. The zero-order chi connectivity index (χ0) is 15.2. The first kappa shape index (κ1) is 15.5. The van der Waals surface area contributed by atoms with Crippen molar-refractivity contribution in [2.24, 2.45) is 0 Å². The van der Waals surface area contributed by atoms with Crippen LogP contribution in [0.1, 0.15) is 5.56 Å². The predicted molar refractivity (Wildman–Crippen MR) is 90.0 cm³/mol. The van der Waals surface area contributed by atoms with Gasteiger partial charge in [0, 0.05) is 22.4 Å². The monoisotopic (exact) mass is 347 g/mol. The molecule has 0 bridgehead atoms. The lowest BCUT2D eigenvalue weighted by atomic mass is 10.2. The topological polar surface area (TPSA) is 58.4 Å². The van der Waals surface area contributed by atoms with E-state index in [0.717, 1.165) is 15.7 Å². The van der Waals surface area contributed by atoms with E-state index >= 15 is 0 Å². The van der Waals surface area contributed by atoms with E-state index in [0.29, 0.717) is 18.8 Å². The van der Waals surface area contributed by atoms with Crippen molar-refractivity contribution in [2.75, 3.05) is 24.6 Å². The van der Waals surface area contributed by atoms with Gasteiger partial charge >= 0.3 is 0 Å². The zero-order valence-corrected chi connectivity index (χ0v) is 13.4. The highest BCUT2D eigenvalue weighted by Gasteiger charge is 2.08. The Morgan fingerprint density at radius 1 is 1.24 bits per heavy atom. The Kier molecular flexibility index (Phi) is 5.36. The molecule has 3 N–H and O–H groups in total. The van der Waals surface area contributed by atoms with Crippen LogP contribution in [-0.2, 0) is 11.3 Å². The summed E-state index contributed by atoms with van der Waals surface area (Å²) in [6.07, 6.45) is 0. The number of nitrogen functional groups attached to an aromatic ring is 1. The number of benzene rings is 2. The fraction of sp³-hybridized carbons (Fsp3) is 0.188. The number of nitrogens with one attached hydrogen (secondary N) is 1. The highest BCUT2D eigenvalue weighted by molar-refractivity contribution is 9.10. The molecule has 2 aromatic rings. The van der Waals surface area contributed by atoms with Gasteiger partial charge in [0.2, 0.25) is 5.91 Å². The molecule has 2 rings (SSSR count). The van der Waals surface area contributed by atoms with Gasteiger partial charge in [-0.2, -0.15) is 0 Å². The Balaban J connectivity index is 1.87. The minimum atomic E-state index is -0.0573. The van der Waals surface area contributed by atoms with Gasteiger partial charge in [-0.3, -0.25) is 9.69 Å². The minimum absolute atomic E-state index is 0.0573. The molecule has 0 spiro atoms. The van der Waals surface area contributed by atoms with Crippen molar-refractivity contribution in [3.8, 4) is 0 Å². The van der Waals surface area contributed by atoms with Crippen LogP contribution in [-0.4, -0.2) is 24.4 Å². The molecule has 0 unspecified atom stereocenters. The van der Waals surface area contributed by atoms with Crippen molar-refractivity contribution in [3.05, 3.63) is 58.6 Å². The molecule has 1 amide bonds. The first-order chi connectivity index (χ1) is 10.0. The van der Waals surface area contributed by atoms with Gasteiger partial charge in [-0.05, 0) is 42.9 Å². The molecular formula is C16H18BrN3O. The summed E-state index contributed by atoms with van der Waals surface area (Å²) < 4.78 is 1.04. The van der Waals surface area contributed by atoms with E-state index in [1.807, 2.05) is 48.3 Å². The molecule has 4 nitrogen and oxygen atoms in total. The number of nitrogens with two attached hydrogens (primary N) is 1. The lowest BCUT2D eigenvalue weighted by Crippen LogP contribution is -2.29. The minimum Gasteiger partial charge on any atom is -0.399 e. The Morgan fingerprint density at radius 3 is 2.71 bits per heavy atom. The second-order valence-corrected chi connectivity index (χ2v) is 5.89. The molecule has 21 heavy (non-hydrogen) atoms. The normalized spacial score (nSPS) is 10.6. The first-order valence-electron chi connectivity index (χ1n) is 6.61. The molecule has 0 heterocycles. The molecule has 0 aliphatic heterocycles. The predicted octanol–water partition coefficient (Wildman–Crippen LogP) is 3.10. The average Bonchev–Trinajstić information content (AvgIpc) is 2.38. The molecule has 0 saturated carbocycles. The van der Waals surface area contributed by atoms with Gasteiger partial charge in [-0.15, -0.1) is 0 Å². The summed E-state index contributed by atoms with van der Waals surface area (Å²) in [6, 6.07) is 15.2. The number of nitrogens with zero attached hydrogens (tertiary/aromatic N) is 1. The van der Waals surface area contributed by atoms with Crippen LogP contribution in [0.4, 0.5) is 11.4 Å². The van der Waals surface area contributed by atoms with E-state index in [4.69, 9.17) is 5.73 Å². The summed E-state index contributed by atoms with van der Waals surface area (Å²) >= 11 is 3.44. The Hall–Kier alpha value is -1.85. The summed E-state index contributed by atoms with van der Waals surface area (Å²) in [5, 5.41) is 2.84. The standard InChI is InChI=1S/C16H18BrN3O/c1-20(10-12-4-2-5-13(17)8-12)11-16(21)19-15-7-3-6-14(18)9-15/h2-9H,10-11,18H2,1H3,(H,19,21). The second-order valence-electron chi connectivity index (χ2n) is 4.98. The van der Waals surface area contributed by atoms with Crippen LogP contribution in [0.15, 0.2) is 53.0 Å². The third kappa shape index (κ3) is 5.21. The molecule has 0 aliphatic rings. The zero-order valence-electron chi connectivity index (χ0n) is 11.8. The van der Waals surface area contributed by atoms with Crippen LogP contribution < -0.4 is 11.1 Å². The number of halogens is 1. The van der Waals surface area contributed by atoms with Gasteiger partial charge in [-0.25, -0.2) is 0 Å². The fourth-order valence-corrected chi connectivity index (χ4v) is 2.51. The molecule has 0 fully saturated rings. The molecule has 2 aromatic carbocycles. The molecule has 0 radical (unpaired) electrons. The third-order valence-corrected chi connectivity index (χ3v) is 3.42. The SMILES string of the molecule is CN(CC(=O)Nc1cccc(N)c1)Cc1cccc(Br)c1. The van der Waals surface area contributed by atoms with Crippen LogP contribution >= 0.6 is 15.9 Å². The van der Waals surface area contributed by atoms with Crippen LogP contribution in [0.3, 0.4) is 0 Å². The van der Waals surface area contributed by atoms with Crippen molar-refractivity contribution >= 4 is 33.2 Å². The van der Waals surface area contributed by atoms with Gasteiger partial charge in [0.25, 0.3) is 0 Å². The summed E-state index contributed by atoms with van der Waals surface area (Å²) in [6.45, 7) is 1.03. The molecule has 0 aliphatic carbocycles. The molecule has 0 saturated heterocycles. The van der Waals surface area contributed by atoms with E-state index in [1.165, 1.54) is 0 Å². The lowest BCUT2D eigenvalue weighted by Gasteiger charge is -2.16. The maximum absolute atomic E-state index is 12.0. The van der Waals surface area contributed by atoms with Crippen molar-refractivity contribution in [1.82, 2.24) is 4.90 Å². The number of carbonyl (C=O) groups is 1. The summed E-state index contributed by atoms with van der Waals surface area (Å²) in [5.41, 5.74) is 8.19. The first-order valence-corrected chi connectivity index (χ1v) is 7.40. The Morgan fingerprint density at radius 2 is 2.00 bits per heavy atom. The van der Waals surface area contributed by atoms with E-state index in [9.17, 15) is 4.79 Å². The number of likely N-dealkylation sites (N-methyl/N-ethyl adjacent to an activating group) is 1. The fourth-order valence-electron chi connectivity index (χ4n) is 2.06. The van der Waals surface area contributed by atoms with E-state index in [-0.39, 0.29) is 5.91 Å². The van der Waals surface area contributed by atoms with Crippen LogP contribution in [0, 0.1) is 0 Å². The second kappa shape index (κ2) is 7.24. The van der Waals surface area contributed by atoms with Crippen molar-refractivity contribution in [2.45, 2.75) is 6.54 Å². The summed E-state index contributed by atoms with van der Waals surface area (Å²) in [5.74, 6) is -0.0573. The van der Waals surface area contributed by atoms with E-state index in [2.05, 4.69) is 21.2 Å². The highest BCUT2D eigenvalue weighted by Crippen LogP contribution is 2.14. The lowest BCUT2D eigenvalue weighted by molar-refractivity contribution is -0.117. The summed E-state index contributed by atoms with van der Waals surface area (Å²) in [4.78, 5) is 14.0. The maximum Gasteiger partial charge on any atom is 0.238 e. The number of carbonyl (C=O) groups excluding carboxylic acids is 1. The number of hydrogen-bond acceptors (Lipinski definition) is 3. The van der Waals surface area contributed by atoms with Crippen LogP contribution in [0.5, 0.6) is 0 Å². The molecule has 5 heteroatoms. The van der Waals surface area contributed by atoms with Gasteiger partial charge in [0.05, 0.1) is 6.54 Å². The quantitative estimate of drug-likeness (QED) is 0.817. The molecule has 0 atom stereocenters. The molecule has 110 valence electrons. The van der Waals surface area contributed by atoms with Gasteiger partial charge in [0.15, 0.2) is 0 Å². The van der Waals surface area contributed by atoms with E-state index in [1.54, 1.807) is 12.1 Å². The van der Waals surface area contributed by atoms with Crippen molar-refractivity contribution < 1.29 is 4.79 Å². The number of rotatable bonds is 5. The van der Waals surface area contributed by atoms with Gasteiger partial charge < -0.3 is 11.1 Å². The number of hydrogen-bond donors (Lipinski definition) is 2. The van der Waals surface area contributed by atoms with E-state index < -0.39 is 0 Å². The Labute approximate surface area is 133 Å². The van der Waals surface area contributed by atoms with Crippen LogP contribution in [0.2, 0.25) is 0 Å². The average molecular weight is 348 g/mol. The number of anilines is 2. The Bertz CT molecular complexity index is 630. The summed E-state index contributed by atoms with van der Waals surface area (Å²) in [7, 11) is 1.92. The van der Waals surface area contributed by atoms with Gasteiger partial charge in [-0.1, -0.05) is 34.1 Å².